The molecule has 1 aliphatic rings. The third kappa shape index (κ3) is 2.34. The van der Waals surface area contributed by atoms with Gasteiger partial charge in [0.25, 0.3) is 0 Å². The quantitative estimate of drug-likeness (QED) is 0.777. The largest absolute Gasteiger partial charge is 0.348 e. The number of benzene rings is 1. The van der Waals surface area contributed by atoms with Gasteiger partial charge in [0.15, 0.2) is 0 Å². The Labute approximate surface area is 102 Å². The lowest BCUT2D eigenvalue weighted by Gasteiger charge is -2.31. The molecular weight excluding hydrogens is 212 g/mol. The number of hydrogen-bond donors (Lipinski definition) is 2. The van der Waals surface area contributed by atoms with E-state index in [9.17, 15) is 4.79 Å². The predicted molar refractivity (Wildman–Crippen MR) is 68.7 cm³/mol. The first-order valence-electron chi connectivity index (χ1n) is 6.11. The van der Waals surface area contributed by atoms with Gasteiger partial charge < -0.3 is 11.1 Å². The first-order valence-corrected chi connectivity index (χ1v) is 6.11. The van der Waals surface area contributed by atoms with Gasteiger partial charge in [-0.2, -0.15) is 0 Å². The van der Waals surface area contributed by atoms with Gasteiger partial charge in [0, 0.05) is 12.5 Å². The molecule has 1 saturated heterocycles. The Balaban J connectivity index is 2.38. The summed E-state index contributed by atoms with van der Waals surface area (Å²) >= 11 is 0. The van der Waals surface area contributed by atoms with Gasteiger partial charge in [-0.25, -0.2) is 0 Å². The normalized spacial score (nSPS) is 24.6. The van der Waals surface area contributed by atoms with Crippen molar-refractivity contribution in [2.75, 3.05) is 0 Å². The molecule has 2 atom stereocenters. The van der Waals surface area contributed by atoms with Gasteiger partial charge in [0.1, 0.15) is 0 Å². The Kier molecular flexibility index (Phi) is 3.20. The molecule has 92 valence electrons. The van der Waals surface area contributed by atoms with Gasteiger partial charge in [0.05, 0.1) is 6.04 Å². The van der Waals surface area contributed by atoms with Crippen LogP contribution in [0.5, 0.6) is 0 Å². The average Bonchev–Trinajstić information content (AvgIpc) is 2.27. The fourth-order valence-corrected chi connectivity index (χ4v) is 2.44. The van der Waals surface area contributed by atoms with Gasteiger partial charge in [-0.05, 0) is 49.4 Å². The van der Waals surface area contributed by atoms with Crippen LogP contribution in [0.15, 0.2) is 12.1 Å². The van der Waals surface area contributed by atoms with Crippen LogP contribution in [0.25, 0.3) is 0 Å². The number of rotatable bonds is 1. The van der Waals surface area contributed by atoms with Crippen LogP contribution in [0.4, 0.5) is 0 Å². The van der Waals surface area contributed by atoms with E-state index in [1.165, 1.54) is 16.7 Å². The molecule has 0 aliphatic carbocycles. The Morgan fingerprint density at radius 2 is 1.82 bits per heavy atom. The van der Waals surface area contributed by atoms with Crippen molar-refractivity contribution in [1.29, 1.82) is 0 Å². The van der Waals surface area contributed by atoms with Gasteiger partial charge in [0.2, 0.25) is 5.91 Å². The Morgan fingerprint density at radius 1 is 1.18 bits per heavy atom. The van der Waals surface area contributed by atoms with E-state index in [1.54, 1.807) is 0 Å². The molecule has 1 amide bonds. The molecule has 3 nitrogen and oxygen atoms in total. The van der Waals surface area contributed by atoms with E-state index >= 15 is 0 Å². The predicted octanol–water partition coefficient (Wildman–Crippen LogP) is 1.89. The molecule has 1 aromatic carbocycles. The maximum atomic E-state index is 11.5. The van der Waals surface area contributed by atoms with E-state index in [0.717, 1.165) is 12.0 Å². The van der Waals surface area contributed by atoms with Crippen LogP contribution < -0.4 is 11.1 Å². The summed E-state index contributed by atoms with van der Waals surface area (Å²) in [7, 11) is 0. The number of nitrogens with one attached hydrogen (secondary N) is 1. The van der Waals surface area contributed by atoms with Crippen LogP contribution in [0.2, 0.25) is 0 Å². The summed E-state index contributed by atoms with van der Waals surface area (Å²) in [5, 5.41) is 3.01. The molecule has 1 aromatic rings. The average molecular weight is 232 g/mol. The smallest absolute Gasteiger partial charge is 0.220 e. The summed E-state index contributed by atoms with van der Waals surface area (Å²) in [5.74, 6) is 0.106. The SMILES string of the molecule is Cc1cc(C)c(C2NC(=O)CCC2N)cc1C. The number of carbonyl (C=O) groups excluding carboxylic acids is 1. The highest BCUT2D eigenvalue weighted by molar-refractivity contribution is 5.77. The Hall–Kier alpha value is -1.35. The van der Waals surface area contributed by atoms with Crippen LogP contribution >= 0.6 is 0 Å². The summed E-state index contributed by atoms with van der Waals surface area (Å²) in [6.45, 7) is 6.27. The van der Waals surface area contributed by atoms with Gasteiger partial charge in [-0.3, -0.25) is 4.79 Å². The standard InChI is InChI=1S/C14H20N2O/c1-8-6-10(3)11(7-9(8)2)14-12(15)4-5-13(17)16-14/h6-7,12,14H,4-5,15H2,1-3H3,(H,16,17). The summed E-state index contributed by atoms with van der Waals surface area (Å²) in [4.78, 5) is 11.5. The fourth-order valence-electron chi connectivity index (χ4n) is 2.44. The van der Waals surface area contributed by atoms with E-state index < -0.39 is 0 Å². The minimum absolute atomic E-state index is 0.0218. The molecule has 1 fully saturated rings. The van der Waals surface area contributed by atoms with Crippen molar-refractivity contribution < 1.29 is 4.79 Å². The molecule has 1 heterocycles. The van der Waals surface area contributed by atoms with E-state index in [-0.39, 0.29) is 18.0 Å². The summed E-state index contributed by atoms with van der Waals surface area (Å²) in [6.07, 6.45) is 1.31. The molecule has 17 heavy (non-hydrogen) atoms. The molecule has 2 rings (SSSR count). The number of aryl methyl sites for hydroxylation is 3. The van der Waals surface area contributed by atoms with Gasteiger partial charge >= 0.3 is 0 Å². The third-order valence-corrected chi connectivity index (χ3v) is 3.67. The van der Waals surface area contributed by atoms with Gasteiger partial charge in [-0.15, -0.1) is 0 Å². The fraction of sp³-hybridized carbons (Fsp3) is 0.500. The lowest BCUT2D eigenvalue weighted by molar-refractivity contribution is -0.123. The van der Waals surface area contributed by atoms with E-state index in [4.69, 9.17) is 5.73 Å². The maximum absolute atomic E-state index is 11.5. The Bertz CT molecular complexity index is 454. The molecule has 0 spiro atoms. The lowest BCUT2D eigenvalue weighted by atomic mass is 9.88. The summed E-state index contributed by atoms with van der Waals surface area (Å²) < 4.78 is 0. The monoisotopic (exact) mass is 232 g/mol. The topological polar surface area (TPSA) is 55.1 Å². The first kappa shape index (κ1) is 12.1. The lowest BCUT2D eigenvalue weighted by Crippen LogP contribution is -2.46. The number of nitrogens with two attached hydrogens (primary N) is 1. The molecular formula is C14H20N2O. The maximum Gasteiger partial charge on any atom is 0.220 e. The van der Waals surface area contributed by atoms with Crippen LogP contribution in [-0.2, 0) is 4.79 Å². The van der Waals surface area contributed by atoms with Crippen molar-refractivity contribution in [1.82, 2.24) is 5.32 Å². The molecule has 1 aliphatic heterocycles. The number of carbonyl (C=O) groups is 1. The summed E-state index contributed by atoms with van der Waals surface area (Å²) in [5.41, 5.74) is 11.0. The zero-order valence-corrected chi connectivity index (χ0v) is 10.7. The molecule has 2 unspecified atom stereocenters. The Morgan fingerprint density at radius 3 is 2.53 bits per heavy atom. The highest BCUT2D eigenvalue weighted by atomic mass is 16.1. The van der Waals surface area contributed by atoms with Crippen molar-refractivity contribution in [2.45, 2.75) is 45.7 Å². The van der Waals surface area contributed by atoms with Crippen molar-refractivity contribution in [2.24, 2.45) is 5.73 Å². The summed E-state index contributed by atoms with van der Waals surface area (Å²) in [6, 6.07) is 4.31. The van der Waals surface area contributed by atoms with Crippen LogP contribution in [0.3, 0.4) is 0 Å². The highest BCUT2D eigenvalue weighted by Crippen LogP contribution is 2.27. The highest BCUT2D eigenvalue weighted by Gasteiger charge is 2.28. The van der Waals surface area contributed by atoms with Crippen LogP contribution in [0, 0.1) is 20.8 Å². The first-order chi connectivity index (χ1) is 7.99. The van der Waals surface area contributed by atoms with Gasteiger partial charge in [-0.1, -0.05) is 12.1 Å². The van der Waals surface area contributed by atoms with Crippen LogP contribution in [-0.4, -0.2) is 11.9 Å². The zero-order chi connectivity index (χ0) is 12.6. The van der Waals surface area contributed by atoms with E-state index in [1.807, 2.05) is 0 Å². The van der Waals surface area contributed by atoms with Crippen molar-refractivity contribution in [3.05, 3.63) is 34.4 Å². The van der Waals surface area contributed by atoms with Crippen molar-refractivity contribution >= 4 is 5.91 Å². The second-order valence-corrected chi connectivity index (χ2v) is 5.04. The zero-order valence-electron chi connectivity index (χ0n) is 10.7. The molecule has 0 aromatic heterocycles. The van der Waals surface area contributed by atoms with E-state index in [0.29, 0.717) is 6.42 Å². The second kappa shape index (κ2) is 4.49. The number of hydrogen-bond acceptors (Lipinski definition) is 2. The molecule has 0 saturated carbocycles. The minimum Gasteiger partial charge on any atom is -0.348 e. The minimum atomic E-state index is -0.0319. The third-order valence-electron chi connectivity index (χ3n) is 3.67. The second-order valence-electron chi connectivity index (χ2n) is 5.04. The molecule has 3 heteroatoms. The number of piperidine rings is 1. The van der Waals surface area contributed by atoms with Crippen molar-refractivity contribution in [3.63, 3.8) is 0 Å². The van der Waals surface area contributed by atoms with Crippen LogP contribution in [0.1, 0.15) is 41.1 Å². The molecule has 3 N–H and O–H groups in total. The van der Waals surface area contributed by atoms with Crippen molar-refractivity contribution in [3.8, 4) is 0 Å². The van der Waals surface area contributed by atoms with E-state index in [2.05, 4.69) is 38.2 Å². The molecule has 0 bridgehead atoms. The molecule has 0 radical (unpaired) electrons. The number of amides is 1.